The third-order valence-electron chi connectivity index (χ3n) is 1.89. The standard InChI is InChI=1S/C10H11N3O3/c11-7-8(12)4-5-16-10-3-1-2-9(6-10)13(14)15/h1-3,6,8H,4-5,12H2. The summed E-state index contributed by atoms with van der Waals surface area (Å²) in [5.74, 6) is 0.402. The van der Waals surface area contributed by atoms with Gasteiger partial charge in [0.2, 0.25) is 0 Å². The van der Waals surface area contributed by atoms with Gasteiger partial charge in [-0.2, -0.15) is 5.26 Å². The Labute approximate surface area is 92.4 Å². The molecule has 1 atom stereocenters. The van der Waals surface area contributed by atoms with E-state index in [0.717, 1.165) is 0 Å². The van der Waals surface area contributed by atoms with Crippen LogP contribution in [0.15, 0.2) is 24.3 Å². The van der Waals surface area contributed by atoms with Crippen molar-refractivity contribution < 1.29 is 9.66 Å². The number of nitrogens with two attached hydrogens (primary N) is 1. The molecular weight excluding hydrogens is 210 g/mol. The summed E-state index contributed by atoms with van der Waals surface area (Å²) in [6, 6.07) is 7.17. The van der Waals surface area contributed by atoms with E-state index in [0.29, 0.717) is 12.2 Å². The first kappa shape index (κ1) is 11.9. The van der Waals surface area contributed by atoms with Crippen molar-refractivity contribution >= 4 is 5.69 Å². The van der Waals surface area contributed by atoms with Crippen LogP contribution in [0, 0.1) is 21.4 Å². The summed E-state index contributed by atoms with van der Waals surface area (Å²) < 4.78 is 5.23. The highest BCUT2D eigenvalue weighted by atomic mass is 16.6. The third-order valence-corrected chi connectivity index (χ3v) is 1.89. The Bertz CT molecular complexity index is 414. The second-order valence-electron chi connectivity index (χ2n) is 3.13. The molecule has 0 saturated carbocycles. The topological polar surface area (TPSA) is 102 Å². The van der Waals surface area contributed by atoms with E-state index < -0.39 is 11.0 Å². The lowest BCUT2D eigenvalue weighted by molar-refractivity contribution is -0.384. The Morgan fingerprint density at radius 1 is 1.62 bits per heavy atom. The Hall–Kier alpha value is -2.13. The highest BCUT2D eigenvalue weighted by Gasteiger charge is 2.06. The van der Waals surface area contributed by atoms with Crippen molar-refractivity contribution in [2.24, 2.45) is 5.73 Å². The van der Waals surface area contributed by atoms with Crippen molar-refractivity contribution in [3.63, 3.8) is 0 Å². The first-order valence-corrected chi connectivity index (χ1v) is 4.66. The number of nitro benzene ring substituents is 1. The van der Waals surface area contributed by atoms with Crippen LogP contribution in [0.2, 0.25) is 0 Å². The summed E-state index contributed by atoms with van der Waals surface area (Å²) in [4.78, 5) is 9.98. The van der Waals surface area contributed by atoms with Crippen LogP contribution in [0.25, 0.3) is 0 Å². The zero-order chi connectivity index (χ0) is 12.0. The van der Waals surface area contributed by atoms with Gasteiger partial charge in [-0.05, 0) is 6.07 Å². The summed E-state index contributed by atoms with van der Waals surface area (Å²) in [5, 5.41) is 18.9. The molecule has 1 rings (SSSR count). The van der Waals surface area contributed by atoms with Crippen LogP contribution in [-0.2, 0) is 0 Å². The number of benzene rings is 1. The molecule has 84 valence electrons. The second-order valence-corrected chi connectivity index (χ2v) is 3.13. The number of nitro groups is 1. The van der Waals surface area contributed by atoms with E-state index in [9.17, 15) is 10.1 Å². The molecule has 0 fully saturated rings. The molecule has 1 unspecified atom stereocenters. The smallest absolute Gasteiger partial charge is 0.273 e. The number of non-ortho nitro benzene ring substituents is 1. The molecule has 0 aliphatic carbocycles. The highest BCUT2D eigenvalue weighted by molar-refractivity contribution is 5.37. The van der Waals surface area contributed by atoms with Gasteiger partial charge in [0, 0.05) is 12.5 Å². The van der Waals surface area contributed by atoms with E-state index in [4.69, 9.17) is 15.7 Å². The fraction of sp³-hybridized carbons (Fsp3) is 0.300. The van der Waals surface area contributed by atoms with Gasteiger partial charge in [-0.15, -0.1) is 0 Å². The van der Waals surface area contributed by atoms with Crippen molar-refractivity contribution in [1.29, 1.82) is 5.26 Å². The lowest BCUT2D eigenvalue weighted by Crippen LogP contribution is -2.20. The van der Waals surface area contributed by atoms with Crippen LogP contribution in [0.4, 0.5) is 5.69 Å². The van der Waals surface area contributed by atoms with Gasteiger partial charge in [0.15, 0.2) is 0 Å². The molecule has 2 N–H and O–H groups in total. The molecule has 6 heteroatoms. The molecule has 0 spiro atoms. The molecule has 0 heterocycles. The Morgan fingerprint density at radius 3 is 3.00 bits per heavy atom. The largest absolute Gasteiger partial charge is 0.493 e. The fourth-order valence-corrected chi connectivity index (χ4v) is 1.06. The van der Waals surface area contributed by atoms with Gasteiger partial charge in [-0.1, -0.05) is 6.07 Å². The number of rotatable bonds is 5. The zero-order valence-corrected chi connectivity index (χ0v) is 8.50. The molecule has 1 aromatic rings. The van der Waals surface area contributed by atoms with Gasteiger partial charge in [0.25, 0.3) is 5.69 Å². The van der Waals surface area contributed by atoms with Gasteiger partial charge in [-0.3, -0.25) is 10.1 Å². The van der Waals surface area contributed by atoms with Crippen LogP contribution in [-0.4, -0.2) is 17.6 Å². The first-order valence-electron chi connectivity index (χ1n) is 4.66. The molecule has 1 aromatic carbocycles. The minimum Gasteiger partial charge on any atom is -0.493 e. The summed E-state index contributed by atoms with van der Waals surface area (Å²) in [5.41, 5.74) is 5.34. The van der Waals surface area contributed by atoms with Crippen molar-refractivity contribution in [1.82, 2.24) is 0 Å². The lowest BCUT2D eigenvalue weighted by atomic mass is 10.2. The zero-order valence-electron chi connectivity index (χ0n) is 8.50. The number of nitriles is 1. The summed E-state index contributed by atoms with van der Waals surface area (Å²) in [6.07, 6.45) is 0.388. The minimum absolute atomic E-state index is 0.0259. The maximum atomic E-state index is 10.5. The monoisotopic (exact) mass is 221 g/mol. The third kappa shape index (κ3) is 3.55. The summed E-state index contributed by atoms with van der Waals surface area (Å²) in [6.45, 7) is 0.260. The quantitative estimate of drug-likeness (QED) is 0.594. The molecule has 0 aliphatic heterocycles. The molecule has 16 heavy (non-hydrogen) atoms. The predicted molar refractivity (Wildman–Crippen MR) is 56.8 cm³/mol. The SMILES string of the molecule is N#CC(N)CCOc1cccc([N+](=O)[O-])c1. The van der Waals surface area contributed by atoms with Crippen LogP contribution in [0.1, 0.15) is 6.42 Å². The molecule has 0 radical (unpaired) electrons. The number of hydrogen-bond donors (Lipinski definition) is 1. The Balaban J connectivity index is 2.52. The maximum absolute atomic E-state index is 10.5. The van der Waals surface area contributed by atoms with E-state index in [2.05, 4.69) is 0 Å². The number of hydrogen-bond acceptors (Lipinski definition) is 5. The Morgan fingerprint density at radius 2 is 2.38 bits per heavy atom. The van der Waals surface area contributed by atoms with E-state index in [1.807, 2.05) is 6.07 Å². The van der Waals surface area contributed by atoms with Crippen LogP contribution < -0.4 is 10.5 Å². The molecule has 0 saturated heterocycles. The van der Waals surface area contributed by atoms with Gasteiger partial charge in [-0.25, -0.2) is 0 Å². The fourth-order valence-electron chi connectivity index (χ4n) is 1.06. The van der Waals surface area contributed by atoms with Crippen LogP contribution in [0.5, 0.6) is 5.75 Å². The van der Waals surface area contributed by atoms with Crippen molar-refractivity contribution in [3.05, 3.63) is 34.4 Å². The van der Waals surface area contributed by atoms with Gasteiger partial charge in [0.1, 0.15) is 5.75 Å². The van der Waals surface area contributed by atoms with Crippen LogP contribution in [0.3, 0.4) is 0 Å². The molecule has 0 aliphatic rings. The normalized spacial score (nSPS) is 11.5. The molecule has 0 aromatic heterocycles. The van der Waals surface area contributed by atoms with E-state index in [-0.39, 0.29) is 12.3 Å². The Kier molecular flexibility index (Phi) is 4.24. The van der Waals surface area contributed by atoms with Gasteiger partial charge >= 0.3 is 0 Å². The summed E-state index contributed by atoms with van der Waals surface area (Å²) >= 11 is 0. The van der Waals surface area contributed by atoms with Gasteiger partial charge < -0.3 is 10.5 Å². The number of ether oxygens (including phenoxy) is 1. The molecule has 0 bridgehead atoms. The molecule has 0 amide bonds. The van der Waals surface area contributed by atoms with Crippen molar-refractivity contribution in [3.8, 4) is 11.8 Å². The van der Waals surface area contributed by atoms with Crippen LogP contribution >= 0.6 is 0 Å². The van der Waals surface area contributed by atoms with E-state index in [1.54, 1.807) is 6.07 Å². The number of nitrogens with zero attached hydrogens (tertiary/aromatic N) is 2. The lowest BCUT2D eigenvalue weighted by Gasteiger charge is -2.06. The maximum Gasteiger partial charge on any atom is 0.273 e. The van der Waals surface area contributed by atoms with Crippen molar-refractivity contribution in [2.45, 2.75) is 12.5 Å². The predicted octanol–water partition coefficient (Wildman–Crippen LogP) is 1.21. The van der Waals surface area contributed by atoms with E-state index in [1.165, 1.54) is 18.2 Å². The van der Waals surface area contributed by atoms with E-state index >= 15 is 0 Å². The molecular formula is C10H11N3O3. The summed E-state index contributed by atoms with van der Waals surface area (Å²) in [7, 11) is 0. The first-order chi connectivity index (χ1) is 7.63. The second kappa shape index (κ2) is 5.68. The minimum atomic E-state index is -0.571. The van der Waals surface area contributed by atoms with Crippen molar-refractivity contribution in [2.75, 3.05) is 6.61 Å². The average molecular weight is 221 g/mol. The highest BCUT2D eigenvalue weighted by Crippen LogP contribution is 2.19. The van der Waals surface area contributed by atoms with Gasteiger partial charge in [0.05, 0.1) is 29.7 Å². The molecule has 6 nitrogen and oxygen atoms in total. The average Bonchev–Trinajstić information content (AvgIpc) is 2.29.